The average molecular weight is 93.7 g/mol. The molecule has 3 heteroatoms. The third kappa shape index (κ3) is 2.75. The van der Waals surface area contributed by atoms with Crippen molar-refractivity contribution in [1.29, 1.82) is 0 Å². The van der Waals surface area contributed by atoms with Gasteiger partial charge in [-0.05, 0) is 11.3 Å². The van der Waals surface area contributed by atoms with Crippen molar-refractivity contribution in [2.75, 3.05) is 0 Å². The molecule has 7 heavy (non-hydrogen) atoms. The van der Waals surface area contributed by atoms with Crippen LogP contribution in [0.25, 0.3) is 0 Å². The highest BCUT2D eigenvalue weighted by Gasteiger charge is 2.15. The van der Waals surface area contributed by atoms with Crippen LogP contribution >= 0.6 is 0 Å². The first-order valence-corrected chi connectivity index (χ1v) is 2.24. The van der Waals surface area contributed by atoms with E-state index in [9.17, 15) is 0 Å². The zero-order valence-electron chi connectivity index (χ0n) is 4.68. The van der Waals surface area contributed by atoms with E-state index in [-0.39, 0.29) is 5.92 Å². The van der Waals surface area contributed by atoms with Crippen molar-refractivity contribution in [3.05, 3.63) is 0 Å². The summed E-state index contributed by atoms with van der Waals surface area (Å²) in [7, 11) is 10.0. The minimum absolute atomic E-state index is 0.0903. The quantitative estimate of drug-likeness (QED) is 0.439. The second-order valence-electron chi connectivity index (χ2n) is 2.04. The van der Waals surface area contributed by atoms with Crippen molar-refractivity contribution in [3.63, 3.8) is 0 Å². The van der Waals surface area contributed by atoms with E-state index in [1.54, 1.807) is 13.8 Å². The van der Waals surface area contributed by atoms with Gasteiger partial charge in [-0.15, -0.1) is 0 Å². The first kappa shape index (κ1) is 7.09. The van der Waals surface area contributed by atoms with E-state index in [2.05, 4.69) is 0 Å². The second kappa shape index (κ2) is 1.91. The van der Waals surface area contributed by atoms with Gasteiger partial charge in [0.2, 0.25) is 0 Å². The molecule has 1 nitrogen and oxygen atoms in total. The van der Waals surface area contributed by atoms with E-state index < -0.39 is 5.40 Å². The highest BCUT2D eigenvalue weighted by atomic mass is 16.3. The molecule has 0 aliphatic heterocycles. The van der Waals surface area contributed by atoms with Crippen molar-refractivity contribution in [2.45, 2.75) is 19.2 Å². The van der Waals surface area contributed by atoms with Gasteiger partial charge in [0.25, 0.3) is 0 Å². The van der Waals surface area contributed by atoms with Crippen LogP contribution in [-0.4, -0.2) is 26.2 Å². The SMILES string of the molecule is [B]C([B])(O)C(C)C. The molecular weight excluding hydrogens is 85.7 g/mol. The molecule has 0 bridgehead atoms. The summed E-state index contributed by atoms with van der Waals surface area (Å²) in [5.74, 6) is -0.0903. The Morgan fingerprint density at radius 3 is 1.57 bits per heavy atom. The van der Waals surface area contributed by atoms with Crippen LogP contribution in [0.1, 0.15) is 13.8 Å². The molecule has 36 valence electrons. The Bertz CT molecular complexity index is 55.2. The van der Waals surface area contributed by atoms with Gasteiger partial charge in [-0.25, -0.2) is 0 Å². The van der Waals surface area contributed by atoms with Crippen molar-refractivity contribution in [2.24, 2.45) is 5.92 Å². The first-order chi connectivity index (χ1) is 2.94. The van der Waals surface area contributed by atoms with Gasteiger partial charge in [0.15, 0.2) is 0 Å². The molecule has 0 saturated heterocycles. The van der Waals surface area contributed by atoms with Gasteiger partial charge >= 0.3 is 0 Å². The fraction of sp³-hybridized carbons (Fsp3) is 1.00. The van der Waals surface area contributed by atoms with Crippen molar-refractivity contribution < 1.29 is 5.11 Å². The van der Waals surface area contributed by atoms with Crippen LogP contribution in [0, 0.1) is 5.92 Å². The molecule has 0 unspecified atom stereocenters. The van der Waals surface area contributed by atoms with Crippen LogP contribution in [-0.2, 0) is 0 Å². The number of rotatable bonds is 1. The summed E-state index contributed by atoms with van der Waals surface area (Å²) < 4.78 is 0. The Morgan fingerprint density at radius 2 is 1.57 bits per heavy atom. The molecular formula is C4H8B2O. The standard InChI is InChI=1S/C4H8B2O/c1-3(2)4(5,6)7/h3,7H,1-2H3. The van der Waals surface area contributed by atoms with Gasteiger partial charge < -0.3 is 5.11 Å². The summed E-state index contributed by atoms with van der Waals surface area (Å²) in [6, 6.07) is 0. The van der Waals surface area contributed by atoms with Crippen LogP contribution in [0.4, 0.5) is 0 Å². The van der Waals surface area contributed by atoms with E-state index in [4.69, 9.17) is 20.8 Å². The molecule has 0 aromatic rings. The molecule has 0 rings (SSSR count). The molecule has 0 heterocycles. The van der Waals surface area contributed by atoms with Crippen LogP contribution in [0.3, 0.4) is 0 Å². The largest absolute Gasteiger partial charge is 0.409 e. The van der Waals surface area contributed by atoms with Crippen LogP contribution in [0.15, 0.2) is 0 Å². The lowest BCUT2D eigenvalue weighted by molar-refractivity contribution is 0.161. The van der Waals surface area contributed by atoms with E-state index in [0.29, 0.717) is 0 Å². The summed E-state index contributed by atoms with van der Waals surface area (Å²) in [5, 5.41) is 7.15. The zero-order valence-corrected chi connectivity index (χ0v) is 4.68. The second-order valence-corrected chi connectivity index (χ2v) is 2.04. The summed E-state index contributed by atoms with van der Waals surface area (Å²) in [5.41, 5.74) is 0. The topological polar surface area (TPSA) is 20.2 Å². The predicted octanol–water partition coefficient (Wildman–Crippen LogP) is -0.375. The van der Waals surface area contributed by atoms with Crippen LogP contribution in [0.5, 0.6) is 0 Å². The first-order valence-electron chi connectivity index (χ1n) is 2.24. The van der Waals surface area contributed by atoms with Crippen LogP contribution in [0.2, 0.25) is 0 Å². The van der Waals surface area contributed by atoms with Crippen molar-refractivity contribution in [3.8, 4) is 0 Å². The number of hydrogen-bond acceptors (Lipinski definition) is 1. The molecule has 0 spiro atoms. The Morgan fingerprint density at radius 1 is 1.43 bits per heavy atom. The highest BCUT2D eigenvalue weighted by molar-refractivity contribution is 6.38. The predicted molar refractivity (Wildman–Crippen MR) is 31.3 cm³/mol. The van der Waals surface area contributed by atoms with E-state index in [0.717, 1.165) is 0 Å². The monoisotopic (exact) mass is 94.1 g/mol. The fourth-order valence-electron chi connectivity index (χ4n) is 0. The molecule has 0 aromatic heterocycles. The molecule has 0 aliphatic carbocycles. The lowest BCUT2D eigenvalue weighted by atomic mass is 9.59. The number of aliphatic hydroxyl groups is 1. The summed E-state index contributed by atoms with van der Waals surface area (Å²) in [4.78, 5) is 0. The highest BCUT2D eigenvalue weighted by Crippen LogP contribution is 2.05. The third-order valence-electron chi connectivity index (χ3n) is 0.925. The molecule has 0 aliphatic rings. The van der Waals surface area contributed by atoms with E-state index >= 15 is 0 Å². The maximum atomic E-state index is 8.65. The normalized spacial score (nSPS) is 12.6. The van der Waals surface area contributed by atoms with Crippen LogP contribution < -0.4 is 0 Å². The molecule has 0 fully saturated rings. The maximum absolute atomic E-state index is 8.65. The molecule has 0 amide bonds. The number of hydrogen-bond donors (Lipinski definition) is 1. The Kier molecular flexibility index (Phi) is 1.93. The minimum atomic E-state index is -1.50. The van der Waals surface area contributed by atoms with E-state index in [1.807, 2.05) is 0 Å². The van der Waals surface area contributed by atoms with Gasteiger partial charge in [-0.2, -0.15) is 0 Å². The maximum Gasteiger partial charge on any atom is 0.0993 e. The van der Waals surface area contributed by atoms with Crippen molar-refractivity contribution in [1.82, 2.24) is 0 Å². The molecule has 1 N–H and O–H groups in total. The molecule has 0 aromatic carbocycles. The molecule has 0 saturated carbocycles. The Labute approximate surface area is 46.9 Å². The fourth-order valence-corrected chi connectivity index (χ4v) is 0. The summed E-state index contributed by atoms with van der Waals surface area (Å²) >= 11 is 0. The van der Waals surface area contributed by atoms with Gasteiger partial charge in [0.1, 0.15) is 0 Å². The van der Waals surface area contributed by atoms with Crippen molar-refractivity contribution >= 4 is 15.7 Å². The lowest BCUT2D eigenvalue weighted by Gasteiger charge is -2.22. The minimum Gasteiger partial charge on any atom is -0.409 e. The lowest BCUT2D eigenvalue weighted by Crippen LogP contribution is -2.35. The molecule has 0 atom stereocenters. The Balaban J connectivity index is 3.54. The third-order valence-corrected chi connectivity index (χ3v) is 0.925. The summed E-state index contributed by atoms with van der Waals surface area (Å²) in [6.07, 6.45) is 0. The van der Waals surface area contributed by atoms with Gasteiger partial charge in [-0.3, -0.25) is 0 Å². The van der Waals surface area contributed by atoms with Gasteiger partial charge in [0, 0.05) is 0 Å². The van der Waals surface area contributed by atoms with Gasteiger partial charge in [-0.1, -0.05) is 13.8 Å². The smallest absolute Gasteiger partial charge is 0.0993 e. The van der Waals surface area contributed by atoms with Gasteiger partial charge in [0.05, 0.1) is 15.7 Å². The van der Waals surface area contributed by atoms with E-state index in [1.165, 1.54) is 0 Å². The summed E-state index contributed by atoms with van der Waals surface area (Å²) in [6.45, 7) is 3.50. The average Bonchev–Trinajstić information content (AvgIpc) is 1.31. The Hall–Kier alpha value is 0.0899. The zero-order chi connectivity index (χ0) is 6.08. The molecule has 4 radical (unpaired) electrons.